The number of fused-ring (bicyclic) bond motifs is 2. The molecule has 6 aromatic rings. The van der Waals surface area contributed by atoms with E-state index in [1.54, 1.807) is 48.5 Å². The topological polar surface area (TPSA) is 167 Å². The highest BCUT2D eigenvalue weighted by molar-refractivity contribution is 6.61. The third kappa shape index (κ3) is 10.7. The predicted octanol–water partition coefficient (Wildman–Crippen LogP) is 11.0. The lowest BCUT2D eigenvalue weighted by Crippen LogP contribution is -2.10. The van der Waals surface area contributed by atoms with Gasteiger partial charge in [-0.25, -0.2) is 9.59 Å². The van der Waals surface area contributed by atoms with E-state index in [1.807, 2.05) is 35.1 Å². The third-order valence-corrected chi connectivity index (χ3v) is 8.47. The van der Waals surface area contributed by atoms with Gasteiger partial charge in [0, 0.05) is 59.0 Å². The van der Waals surface area contributed by atoms with Crippen LogP contribution in [-0.2, 0) is 22.6 Å². The number of methoxy groups -OCH3 is 2. The van der Waals surface area contributed by atoms with Crippen LogP contribution in [0.15, 0.2) is 84.9 Å². The first kappa shape index (κ1) is 45.5. The van der Waals surface area contributed by atoms with E-state index in [9.17, 15) is 37.7 Å². The smallest absolute Gasteiger partial charge is 0.411 e. The minimum absolute atomic E-state index is 0. The number of ether oxygens (including phenoxy) is 4. The molecule has 6 rings (SSSR count). The molecule has 17 heteroatoms. The van der Waals surface area contributed by atoms with Crippen molar-refractivity contribution >= 4 is 56.3 Å². The molecule has 0 aliphatic rings. The van der Waals surface area contributed by atoms with E-state index in [4.69, 9.17) is 5.73 Å². The number of alkyl halides is 4. The first-order valence-electron chi connectivity index (χ1n) is 16.9. The van der Waals surface area contributed by atoms with Crippen molar-refractivity contribution in [1.29, 1.82) is 10.5 Å². The molecule has 0 saturated heterocycles. The number of benzene rings is 4. The molecular formula is C41H39ClF4N6O6. The van der Waals surface area contributed by atoms with Gasteiger partial charge in [-0.3, -0.25) is 5.32 Å². The molecule has 0 unspecified atom stereocenters. The van der Waals surface area contributed by atoms with E-state index in [0.717, 1.165) is 16.8 Å². The molecular weight excluding hydrogens is 784 g/mol. The maximum absolute atomic E-state index is 12.6. The van der Waals surface area contributed by atoms with Crippen molar-refractivity contribution in [3.8, 4) is 46.2 Å². The van der Waals surface area contributed by atoms with E-state index < -0.39 is 24.7 Å². The van der Waals surface area contributed by atoms with E-state index in [1.165, 1.54) is 38.5 Å². The minimum Gasteiger partial charge on any atom is -0.457 e. The number of nitrogen functional groups attached to an aromatic ring is 1. The Morgan fingerprint density at radius 2 is 1.12 bits per heavy atom. The van der Waals surface area contributed by atoms with Crippen molar-refractivity contribution in [3.05, 3.63) is 96.1 Å². The van der Waals surface area contributed by atoms with Crippen LogP contribution in [0.5, 0.6) is 11.5 Å². The van der Waals surface area contributed by atoms with Gasteiger partial charge < -0.3 is 33.8 Å². The number of nitrogens with zero attached hydrogens (tertiary/aromatic N) is 4. The van der Waals surface area contributed by atoms with E-state index >= 15 is 0 Å². The van der Waals surface area contributed by atoms with Crippen LogP contribution < -0.4 is 20.5 Å². The maximum atomic E-state index is 12.6. The molecule has 0 atom stereocenters. The van der Waals surface area contributed by atoms with Gasteiger partial charge in [0.15, 0.2) is 0 Å². The van der Waals surface area contributed by atoms with Gasteiger partial charge in [0.05, 0.1) is 47.8 Å². The zero-order valence-corrected chi connectivity index (χ0v) is 31.6. The quantitative estimate of drug-likeness (QED) is 0.0819. The van der Waals surface area contributed by atoms with Gasteiger partial charge in [0.2, 0.25) is 0 Å². The molecule has 0 radical (unpaired) electrons. The van der Waals surface area contributed by atoms with Crippen molar-refractivity contribution in [3.63, 3.8) is 0 Å². The fourth-order valence-corrected chi connectivity index (χ4v) is 6.02. The average Bonchev–Trinajstić information content (AvgIpc) is 3.69. The molecule has 3 N–H and O–H groups in total. The molecule has 0 aliphatic heterocycles. The number of halogens is 5. The van der Waals surface area contributed by atoms with Gasteiger partial charge in [-0.2, -0.15) is 28.1 Å². The van der Waals surface area contributed by atoms with Crippen molar-refractivity contribution in [1.82, 2.24) is 9.13 Å². The summed E-state index contributed by atoms with van der Waals surface area (Å²) in [4.78, 5) is 20.7. The number of nitrogens with one attached hydrogen (secondary N) is 1. The summed E-state index contributed by atoms with van der Waals surface area (Å²) in [7, 11) is 2.49. The van der Waals surface area contributed by atoms with E-state index in [0.29, 0.717) is 63.1 Å². The lowest BCUT2D eigenvalue weighted by atomic mass is 10.1. The number of aryl methyl sites for hydroxylation is 2. The Hall–Kier alpha value is -6.91. The fraction of sp³-hybridized carbons (Fsp3) is 0.220. The number of nitrogens with two attached hydrogens (primary N) is 1. The Morgan fingerprint density at radius 3 is 1.45 bits per heavy atom. The van der Waals surface area contributed by atoms with Crippen molar-refractivity contribution in [2.24, 2.45) is 0 Å². The summed E-state index contributed by atoms with van der Waals surface area (Å²) in [6.45, 7) is -0.879. The van der Waals surface area contributed by atoms with Gasteiger partial charge in [-0.1, -0.05) is 31.7 Å². The number of nitriles is 2. The summed E-state index contributed by atoms with van der Waals surface area (Å²) in [6.07, 6.45) is -0.584. The maximum Gasteiger partial charge on any atom is 0.411 e. The summed E-state index contributed by atoms with van der Waals surface area (Å²) in [5.41, 5.74) is 11.4. The zero-order valence-electron chi connectivity index (χ0n) is 30.9. The van der Waals surface area contributed by atoms with Crippen molar-refractivity contribution in [2.75, 3.05) is 25.3 Å². The molecule has 12 nitrogen and oxygen atoms in total. The van der Waals surface area contributed by atoms with Crippen molar-refractivity contribution < 1.29 is 46.1 Å². The van der Waals surface area contributed by atoms with Gasteiger partial charge in [0.1, 0.15) is 23.6 Å². The Morgan fingerprint density at radius 1 is 0.724 bits per heavy atom. The van der Waals surface area contributed by atoms with Crippen LogP contribution in [-0.4, -0.2) is 48.1 Å². The van der Waals surface area contributed by atoms with Crippen LogP contribution in [0.2, 0.25) is 0 Å². The first-order valence-corrected chi connectivity index (χ1v) is 17.2. The summed E-state index contributed by atoms with van der Waals surface area (Å²) < 4.78 is 71.2. The number of carbonyl (C=O) groups is 2. The Kier molecular flexibility index (Phi) is 16.3. The molecule has 0 bridgehead atoms. The number of anilines is 2. The summed E-state index contributed by atoms with van der Waals surface area (Å²) in [5.74, 6) is 0.0985. The number of carbonyl (C=O) groups excluding carboxylic acids is 2. The molecule has 304 valence electrons. The highest BCUT2D eigenvalue weighted by atomic mass is 35.5. The second kappa shape index (κ2) is 20.8. The largest absolute Gasteiger partial charge is 0.457 e. The summed E-state index contributed by atoms with van der Waals surface area (Å²) in [6, 6.07) is 27.7. The van der Waals surface area contributed by atoms with Gasteiger partial charge in [-0.05, 0) is 73.5 Å². The number of rotatable bonds is 9. The lowest BCUT2D eigenvalue weighted by molar-refractivity contribution is -0.0504. The van der Waals surface area contributed by atoms with Gasteiger partial charge in [0.25, 0.3) is 0 Å². The fourth-order valence-electron chi connectivity index (χ4n) is 6.02. The minimum atomic E-state index is -2.92. The van der Waals surface area contributed by atoms with Gasteiger partial charge >= 0.3 is 24.7 Å². The number of aromatic nitrogens is 2. The van der Waals surface area contributed by atoms with E-state index in [2.05, 4.69) is 48.0 Å². The van der Waals surface area contributed by atoms with Crippen LogP contribution in [0.4, 0.5) is 38.5 Å². The normalized spacial score (nSPS) is 10.3. The number of hydrogen-bond donors (Lipinski definition) is 2. The summed E-state index contributed by atoms with van der Waals surface area (Å²) in [5, 5.41) is 23.2. The molecule has 0 spiro atoms. The molecule has 58 heavy (non-hydrogen) atoms. The van der Waals surface area contributed by atoms with Crippen LogP contribution in [0, 0.1) is 22.7 Å². The molecule has 4 aromatic carbocycles. The second-order valence-corrected chi connectivity index (χ2v) is 11.8. The molecule has 1 amide bonds. The molecule has 0 aliphatic carbocycles. The van der Waals surface area contributed by atoms with Gasteiger partial charge in [-0.15, -0.1) is 0 Å². The van der Waals surface area contributed by atoms with Crippen LogP contribution >= 0.6 is 11.6 Å². The van der Waals surface area contributed by atoms with Crippen LogP contribution in [0.25, 0.3) is 44.3 Å². The standard InChI is InChI=1S/C20H17F2N3O3.C18H15F2N3O.C2H3ClO2.CH4/c1-3-25-17-10-14(28-19(21)22)8-9-15(17)16(11-23)18(25)12-4-6-13(7-5-12)24-20(26)27-2;1-2-23-16-9-13(24-18(19)20)7-8-14(16)15(10-21)17(23)11-3-5-12(22)6-4-11;1-5-2(3)4;/h4-10,19H,3H2,1-2H3,(H,24,26);3-9,18H,2,22H2,1H3;1H3;1H4. The number of hydrogen-bond acceptors (Lipinski definition) is 9. The Bertz CT molecular complexity index is 2440. The SMILES string of the molecule is C.CCn1c(-c2ccc(N)cc2)c(C#N)c2ccc(OC(F)F)cc21.CCn1c(-c2ccc(NC(=O)OC)cc2)c(C#N)c2ccc(OC(F)F)cc21.COC(=O)Cl. The lowest BCUT2D eigenvalue weighted by Gasteiger charge is -2.10. The van der Waals surface area contributed by atoms with Crippen LogP contribution in [0.3, 0.4) is 0 Å². The monoisotopic (exact) mass is 822 g/mol. The molecule has 2 heterocycles. The Labute approximate surface area is 336 Å². The predicted molar refractivity (Wildman–Crippen MR) is 214 cm³/mol. The highest BCUT2D eigenvalue weighted by Gasteiger charge is 2.21. The Balaban J connectivity index is 0.000000276. The summed E-state index contributed by atoms with van der Waals surface area (Å²) >= 11 is 4.60. The van der Waals surface area contributed by atoms with E-state index in [-0.39, 0.29) is 18.9 Å². The molecule has 0 saturated carbocycles. The first-order chi connectivity index (χ1) is 27.3. The average molecular weight is 823 g/mol. The number of amides is 1. The molecule has 2 aromatic heterocycles. The third-order valence-electron chi connectivity index (χ3n) is 8.31. The zero-order chi connectivity index (χ0) is 41.8. The van der Waals surface area contributed by atoms with Crippen LogP contribution in [0.1, 0.15) is 32.4 Å². The highest BCUT2D eigenvalue weighted by Crippen LogP contribution is 2.37. The van der Waals surface area contributed by atoms with Crippen molar-refractivity contribution in [2.45, 2.75) is 47.6 Å². The molecule has 0 fully saturated rings. The second-order valence-electron chi connectivity index (χ2n) is 11.5.